The molecule has 1 aliphatic carbocycles. The molecule has 0 aromatic carbocycles. The van der Waals surface area contributed by atoms with Crippen LogP contribution in [0.15, 0.2) is 18.3 Å². The van der Waals surface area contributed by atoms with Gasteiger partial charge in [-0.1, -0.05) is 18.9 Å². The molecule has 1 fully saturated rings. The first-order valence-electron chi connectivity index (χ1n) is 5.42. The van der Waals surface area contributed by atoms with E-state index in [9.17, 15) is 0 Å². The van der Waals surface area contributed by atoms with Crippen molar-refractivity contribution in [3.05, 3.63) is 29.6 Å². The minimum atomic E-state index is 0.524. The van der Waals surface area contributed by atoms with E-state index in [0.29, 0.717) is 5.92 Å². The maximum atomic E-state index is 5.79. The van der Waals surface area contributed by atoms with Crippen molar-refractivity contribution in [3.63, 3.8) is 0 Å². The molecule has 1 aromatic heterocycles. The third-order valence-electron chi connectivity index (χ3n) is 3.00. The molecule has 0 saturated heterocycles. The SMILES string of the molecule is Cc1ccc(C(CN)CC2CC2)cn1. The summed E-state index contributed by atoms with van der Waals surface area (Å²) in [6.45, 7) is 2.77. The molecule has 1 heterocycles. The fourth-order valence-corrected chi connectivity index (χ4v) is 1.85. The van der Waals surface area contributed by atoms with Gasteiger partial charge in [-0.2, -0.15) is 0 Å². The second-order valence-corrected chi connectivity index (χ2v) is 4.34. The van der Waals surface area contributed by atoms with Gasteiger partial charge in [0.25, 0.3) is 0 Å². The van der Waals surface area contributed by atoms with Crippen molar-refractivity contribution in [1.29, 1.82) is 0 Å². The van der Waals surface area contributed by atoms with Crippen LogP contribution in [-0.4, -0.2) is 11.5 Å². The molecule has 1 saturated carbocycles. The van der Waals surface area contributed by atoms with E-state index in [1.807, 2.05) is 13.1 Å². The van der Waals surface area contributed by atoms with Crippen LogP contribution < -0.4 is 5.73 Å². The maximum absolute atomic E-state index is 5.79. The average molecular weight is 190 g/mol. The maximum Gasteiger partial charge on any atom is 0.0372 e. The van der Waals surface area contributed by atoms with Gasteiger partial charge in [0.15, 0.2) is 0 Å². The molecule has 2 rings (SSSR count). The number of aromatic nitrogens is 1. The Morgan fingerprint density at radius 2 is 2.29 bits per heavy atom. The largest absolute Gasteiger partial charge is 0.330 e. The van der Waals surface area contributed by atoms with Crippen molar-refractivity contribution in [1.82, 2.24) is 4.98 Å². The molecule has 0 bridgehead atoms. The lowest BCUT2D eigenvalue weighted by Crippen LogP contribution is -2.13. The van der Waals surface area contributed by atoms with Crippen LogP contribution in [0, 0.1) is 12.8 Å². The van der Waals surface area contributed by atoms with Gasteiger partial charge in [-0.15, -0.1) is 0 Å². The highest BCUT2D eigenvalue weighted by molar-refractivity contribution is 5.18. The minimum absolute atomic E-state index is 0.524. The molecule has 14 heavy (non-hydrogen) atoms. The van der Waals surface area contributed by atoms with Gasteiger partial charge in [0.2, 0.25) is 0 Å². The summed E-state index contributed by atoms with van der Waals surface area (Å²) in [6, 6.07) is 4.24. The summed E-state index contributed by atoms with van der Waals surface area (Å²) in [6.07, 6.45) is 6.03. The Balaban J connectivity index is 2.05. The van der Waals surface area contributed by atoms with E-state index >= 15 is 0 Å². The predicted octanol–water partition coefficient (Wildman–Crippen LogP) is 2.23. The van der Waals surface area contributed by atoms with Crippen LogP contribution in [0.3, 0.4) is 0 Å². The Hall–Kier alpha value is -0.890. The first-order valence-corrected chi connectivity index (χ1v) is 5.42. The molecular weight excluding hydrogens is 172 g/mol. The molecule has 2 heteroatoms. The number of hydrogen-bond donors (Lipinski definition) is 1. The normalized spacial score (nSPS) is 18.1. The van der Waals surface area contributed by atoms with Crippen LogP contribution in [0.4, 0.5) is 0 Å². The van der Waals surface area contributed by atoms with Gasteiger partial charge in [0, 0.05) is 11.9 Å². The van der Waals surface area contributed by atoms with Gasteiger partial charge in [-0.05, 0) is 43.4 Å². The third kappa shape index (κ3) is 2.32. The van der Waals surface area contributed by atoms with E-state index in [1.54, 1.807) is 0 Å². The second kappa shape index (κ2) is 4.09. The molecule has 0 amide bonds. The highest BCUT2D eigenvalue weighted by Crippen LogP contribution is 2.38. The molecule has 1 aromatic rings. The molecule has 1 aliphatic rings. The number of pyridine rings is 1. The number of aryl methyl sites for hydroxylation is 1. The van der Waals surface area contributed by atoms with E-state index in [0.717, 1.165) is 18.2 Å². The van der Waals surface area contributed by atoms with Crippen LogP contribution >= 0.6 is 0 Å². The van der Waals surface area contributed by atoms with Gasteiger partial charge in [-0.25, -0.2) is 0 Å². The average Bonchev–Trinajstić information content (AvgIpc) is 3.00. The van der Waals surface area contributed by atoms with Gasteiger partial charge in [0.05, 0.1) is 0 Å². The highest BCUT2D eigenvalue weighted by atomic mass is 14.7. The fourth-order valence-electron chi connectivity index (χ4n) is 1.85. The molecular formula is C12H18N2. The third-order valence-corrected chi connectivity index (χ3v) is 3.00. The smallest absolute Gasteiger partial charge is 0.0372 e. The second-order valence-electron chi connectivity index (χ2n) is 4.34. The van der Waals surface area contributed by atoms with Gasteiger partial charge in [-0.3, -0.25) is 4.98 Å². The van der Waals surface area contributed by atoms with Crippen LogP contribution in [0.2, 0.25) is 0 Å². The number of rotatable bonds is 4. The van der Waals surface area contributed by atoms with E-state index < -0.39 is 0 Å². The Kier molecular flexibility index (Phi) is 2.82. The number of nitrogens with zero attached hydrogens (tertiary/aromatic N) is 1. The minimum Gasteiger partial charge on any atom is -0.330 e. The quantitative estimate of drug-likeness (QED) is 0.790. The predicted molar refractivity (Wildman–Crippen MR) is 58.1 cm³/mol. The Morgan fingerprint density at radius 1 is 1.50 bits per heavy atom. The first-order chi connectivity index (χ1) is 6.79. The molecule has 2 nitrogen and oxygen atoms in total. The summed E-state index contributed by atoms with van der Waals surface area (Å²) >= 11 is 0. The summed E-state index contributed by atoms with van der Waals surface area (Å²) in [5, 5.41) is 0. The number of nitrogens with two attached hydrogens (primary N) is 1. The molecule has 2 N–H and O–H groups in total. The summed E-state index contributed by atoms with van der Waals surface area (Å²) < 4.78 is 0. The lowest BCUT2D eigenvalue weighted by molar-refractivity contribution is 0.583. The van der Waals surface area contributed by atoms with Crippen molar-refractivity contribution >= 4 is 0 Å². The molecule has 0 aliphatic heterocycles. The molecule has 0 radical (unpaired) electrons. The van der Waals surface area contributed by atoms with E-state index in [4.69, 9.17) is 5.73 Å². The summed E-state index contributed by atoms with van der Waals surface area (Å²) in [5.41, 5.74) is 8.18. The van der Waals surface area contributed by atoms with Crippen LogP contribution in [0.1, 0.15) is 36.4 Å². The van der Waals surface area contributed by atoms with Crippen molar-refractivity contribution < 1.29 is 0 Å². The lowest BCUT2D eigenvalue weighted by Gasteiger charge is -2.14. The van der Waals surface area contributed by atoms with Crippen molar-refractivity contribution in [2.45, 2.75) is 32.1 Å². The monoisotopic (exact) mass is 190 g/mol. The fraction of sp³-hybridized carbons (Fsp3) is 0.583. The van der Waals surface area contributed by atoms with Gasteiger partial charge < -0.3 is 5.73 Å². The Bertz CT molecular complexity index is 288. The van der Waals surface area contributed by atoms with Crippen molar-refractivity contribution in [2.75, 3.05) is 6.54 Å². The van der Waals surface area contributed by atoms with Crippen LogP contribution in [0.25, 0.3) is 0 Å². The first kappa shape index (κ1) is 9.66. The van der Waals surface area contributed by atoms with Gasteiger partial charge >= 0.3 is 0 Å². The standard InChI is InChI=1S/C12H18N2/c1-9-2-5-11(8-14-9)12(7-13)6-10-3-4-10/h2,5,8,10,12H,3-4,6-7,13H2,1H3. The van der Waals surface area contributed by atoms with E-state index in [2.05, 4.69) is 17.1 Å². The lowest BCUT2D eigenvalue weighted by atomic mass is 9.95. The van der Waals surface area contributed by atoms with Gasteiger partial charge in [0.1, 0.15) is 0 Å². The summed E-state index contributed by atoms with van der Waals surface area (Å²) in [5.74, 6) is 1.46. The topological polar surface area (TPSA) is 38.9 Å². The molecule has 76 valence electrons. The van der Waals surface area contributed by atoms with Crippen molar-refractivity contribution in [3.8, 4) is 0 Å². The number of hydrogen-bond acceptors (Lipinski definition) is 2. The van der Waals surface area contributed by atoms with E-state index in [-0.39, 0.29) is 0 Å². The molecule has 0 spiro atoms. The van der Waals surface area contributed by atoms with Crippen molar-refractivity contribution in [2.24, 2.45) is 11.7 Å². The zero-order valence-electron chi connectivity index (χ0n) is 8.74. The highest BCUT2D eigenvalue weighted by Gasteiger charge is 2.25. The summed E-state index contributed by atoms with van der Waals surface area (Å²) in [7, 11) is 0. The Morgan fingerprint density at radius 3 is 2.79 bits per heavy atom. The molecule has 1 unspecified atom stereocenters. The summed E-state index contributed by atoms with van der Waals surface area (Å²) in [4.78, 5) is 4.32. The van der Waals surface area contributed by atoms with Crippen LogP contribution in [-0.2, 0) is 0 Å². The van der Waals surface area contributed by atoms with E-state index in [1.165, 1.54) is 24.8 Å². The zero-order valence-corrected chi connectivity index (χ0v) is 8.74. The molecule has 1 atom stereocenters. The van der Waals surface area contributed by atoms with Crippen LogP contribution in [0.5, 0.6) is 0 Å². The zero-order chi connectivity index (χ0) is 9.97. The Labute approximate surface area is 85.5 Å².